The molecule has 1 aromatic rings. The average Bonchev–Trinajstić information content (AvgIpc) is 3.05. The molecule has 2 aliphatic heterocycles. The van der Waals surface area contributed by atoms with Gasteiger partial charge in [-0.15, -0.1) is 0 Å². The number of anilines is 1. The van der Waals surface area contributed by atoms with Gasteiger partial charge in [0.2, 0.25) is 0 Å². The summed E-state index contributed by atoms with van der Waals surface area (Å²) in [4.78, 5) is 2.46. The zero-order valence-corrected chi connectivity index (χ0v) is 11.3. The Morgan fingerprint density at radius 1 is 1.26 bits per heavy atom. The van der Waals surface area contributed by atoms with E-state index in [4.69, 9.17) is 15.2 Å². The summed E-state index contributed by atoms with van der Waals surface area (Å²) in [5.41, 5.74) is 6.45. The molecule has 3 rings (SSSR count). The lowest BCUT2D eigenvalue weighted by atomic mass is 10.2. The molecule has 104 valence electrons. The van der Waals surface area contributed by atoms with Gasteiger partial charge in [0.05, 0.1) is 6.10 Å². The molecule has 0 spiro atoms. The number of benzene rings is 1. The molecule has 0 radical (unpaired) electrons. The van der Waals surface area contributed by atoms with Crippen molar-refractivity contribution in [3.05, 3.63) is 24.3 Å². The van der Waals surface area contributed by atoms with Crippen molar-refractivity contribution in [2.24, 2.45) is 0 Å². The zero-order valence-electron chi connectivity index (χ0n) is 11.3. The van der Waals surface area contributed by atoms with E-state index in [1.165, 1.54) is 12.8 Å². The first kappa shape index (κ1) is 12.8. The minimum Gasteiger partial charge on any atom is -0.489 e. The van der Waals surface area contributed by atoms with Crippen LogP contribution in [-0.4, -0.2) is 43.3 Å². The predicted molar refractivity (Wildman–Crippen MR) is 75.3 cm³/mol. The fourth-order valence-corrected chi connectivity index (χ4v) is 2.87. The predicted octanol–water partition coefficient (Wildman–Crippen LogP) is 1.90. The Balaban J connectivity index is 1.47. The summed E-state index contributed by atoms with van der Waals surface area (Å²) in [6.45, 7) is 4.11. The van der Waals surface area contributed by atoms with Gasteiger partial charge in [-0.05, 0) is 43.5 Å². The molecule has 2 fully saturated rings. The minimum atomic E-state index is 0.296. The van der Waals surface area contributed by atoms with Crippen LogP contribution in [0, 0.1) is 0 Å². The van der Waals surface area contributed by atoms with Gasteiger partial charge in [-0.25, -0.2) is 0 Å². The molecule has 19 heavy (non-hydrogen) atoms. The Morgan fingerprint density at radius 2 is 2.11 bits per heavy atom. The topological polar surface area (TPSA) is 47.7 Å². The van der Waals surface area contributed by atoms with Crippen LogP contribution in [0.1, 0.15) is 19.3 Å². The van der Waals surface area contributed by atoms with Crippen LogP contribution in [0.25, 0.3) is 0 Å². The van der Waals surface area contributed by atoms with Crippen LogP contribution in [0.5, 0.6) is 5.75 Å². The van der Waals surface area contributed by atoms with E-state index in [9.17, 15) is 0 Å². The van der Waals surface area contributed by atoms with Gasteiger partial charge < -0.3 is 15.2 Å². The van der Waals surface area contributed by atoms with Gasteiger partial charge in [-0.3, -0.25) is 4.90 Å². The Hall–Kier alpha value is -1.26. The van der Waals surface area contributed by atoms with Crippen LogP contribution in [-0.2, 0) is 4.74 Å². The molecule has 4 heteroatoms. The lowest BCUT2D eigenvalue weighted by molar-refractivity contribution is 0.0768. The smallest absolute Gasteiger partial charge is 0.119 e. The maximum absolute atomic E-state index is 5.99. The third-order valence-corrected chi connectivity index (χ3v) is 3.90. The van der Waals surface area contributed by atoms with E-state index >= 15 is 0 Å². The third kappa shape index (κ3) is 3.39. The van der Waals surface area contributed by atoms with Crippen molar-refractivity contribution in [1.82, 2.24) is 4.90 Å². The lowest BCUT2D eigenvalue weighted by Gasteiger charge is -2.20. The number of likely N-dealkylation sites (tertiary alicyclic amines) is 1. The molecule has 2 saturated heterocycles. The summed E-state index contributed by atoms with van der Waals surface area (Å²) in [5.74, 6) is 0.915. The second kappa shape index (κ2) is 5.80. The molecule has 2 aliphatic rings. The standard InChI is InChI=1S/C15H22N2O2/c16-12-3-5-13(6-4-12)19-15-7-8-17(11-15)10-14-2-1-9-18-14/h3-6,14-15H,1-2,7-11,16H2. The molecule has 2 atom stereocenters. The first-order valence-corrected chi connectivity index (χ1v) is 7.16. The highest BCUT2D eigenvalue weighted by Gasteiger charge is 2.27. The minimum absolute atomic E-state index is 0.296. The fourth-order valence-electron chi connectivity index (χ4n) is 2.87. The maximum atomic E-state index is 5.99. The molecular weight excluding hydrogens is 240 g/mol. The number of hydrogen-bond donors (Lipinski definition) is 1. The normalized spacial score (nSPS) is 27.8. The van der Waals surface area contributed by atoms with Crippen molar-refractivity contribution in [3.63, 3.8) is 0 Å². The van der Waals surface area contributed by atoms with E-state index in [1.807, 2.05) is 24.3 Å². The Labute approximate surface area is 114 Å². The summed E-state index contributed by atoms with van der Waals surface area (Å²) < 4.78 is 11.7. The van der Waals surface area contributed by atoms with Gasteiger partial charge in [0.25, 0.3) is 0 Å². The third-order valence-electron chi connectivity index (χ3n) is 3.90. The van der Waals surface area contributed by atoms with Crippen LogP contribution >= 0.6 is 0 Å². The van der Waals surface area contributed by atoms with Crippen molar-refractivity contribution in [1.29, 1.82) is 0 Å². The van der Waals surface area contributed by atoms with E-state index in [-0.39, 0.29) is 0 Å². The van der Waals surface area contributed by atoms with Gasteiger partial charge in [-0.2, -0.15) is 0 Å². The van der Waals surface area contributed by atoms with Gasteiger partial charge >= 0.3 is 0 Å². The Bertz CT molecular complexity index is 401. The van der Waals surface area contributed by atoms with Crippen LogP contribution in [0.4, 0.5) is 5.69 Å². The van der Waals surface area contributed by atoms with Gasteiger partial charge in [0, 0.05) is 31.9 Å². The second-order valence-corrected chi connectivity index (χ2v) is 5.49. The molecule has 2 N–H and O–H groups in total. The first-order valence-electron chi connectivity index (χ1n) is 7.16. The molecule has 0 bridgehead atoms. The highest BCUT2D eigenvalue weighted by atomic mass is 16.5. The molecule has 4 nitrogen and oxygen atoms in total. The molecule has 2 heterocycles. The van der Waals surface area contributed by atoms with Crippen molar-refractivity contribution in [2.45, 2.75) is 31.5 Å². The zero-order chi connectivity index (χ0) is 13.1. The highest BCUT2D eigenvalue weighted by Crippen LogP contribution is 2.21. The quantitative estimate of drug-likeness (QED) is 0.842. The number of nitrogen functional groups attached to an aromatic ring is 1. The Kier molecular flexibility index (Phi) is 3.89. The Morgan fingerprint density at radius 3 is 2.84 bits per heavy atom. The van der Waals surface area contributed by atoms with Crippen molar-refractivity contribution < 1.29 is 9.47 Å². The van der Waals surface area contributed by atoms with Crippen LogP contribution < -0.4 is 10.5 Å². The lowest BCUT2D eigenvalue weighted by Crippen LogP contribution is -2.32. The van der Waals surface area contributed by atoms with Crippen molar-refractivity contribution >= 4 is 5.69 Å². The van der Waals surface area contributed by atoms with E-state index in [0.29, 0.717) is 12.2 Å². The monoisotopic (exact) mass is 262 g/mol. The molecule has 0 aliphatic carbocycles. The number of nitrogens with zero attached hydrogens (tertiary/aromatic N) is 1. The van der Waals surface area contributed by atoms with Gasteiger partial charge in [-0.1, -0.05) is 0 Å². The molecule has 1 aromatic carbocycles. The van der Waals surface area contributed by atoms with E-state index < -0.39 is 0 Å². The van der Waals surface area contributed by atoms with Crippen molar-refractivity contribution in [3.8, 4) is 5.75 Å². The summed E-state index contributed by atoms with van der Waals surface area (Å²) in [6, 6.07) is 7.65. The van der Waals surface area contributed by atoms with Crippen LogP contribution in [0.15, 0.2) is 24.3 Å². The largest absolute Gasteiger partial charge is 0.489 e. The second-order valence-electron chi connectivity index (χ2n) is 5.49. The summed E-state index contributed by atoms with van der Waals surface area (Å²) in [5, 5.41) is 0. The molecule has 2 unspecified atom stereocenters. The number of hydrogen-bond acceptors (Lipinski definition) is 4. The van der Waals surface area contributed by atoms with E-state index in [0.717, 1.165) is 44.1 Å². The number of rotatable bonds is 4. The van der Waals surface area contributed by atoms with Crippen LogP contribution in [0.3, 0.4) is 0 Å². The number of nitrogens with two attached hydrogens (primary N) is 1. The van der Waals surface area contributed by atoms with Crippen molar-refractivity contribution in [2.75, 3.05) is 32.0 Å². The number of ether oxygens (including phenoxy) is 2. The fraction of sp³-hybridized carbons (Fsp3) is 0.600. The van der Waals surface area contributed by atoms with E-state index in [1.54, 1.807) is 0 Å². The summed E-state index contributed by atoms with van der Waals surface area (Å²) >= 11 is 0. The maximum Gasteiger partial charge on any atom is 0.119 e. The SMILES string of the molecule is Nc1ccc(OC2CCN(CC3CCCO3)C2)cc1. The van der Waals surface area contributed by atoms with Crippen LogP contribution in [0.2, 0.25) is 0 Å². The molecule has 0 amide bonds. The molecule has 0 aromatic heterocycles. The van der Waals surface area contributed by atoms with Gasteiger partial charge in [0.15, 0.2) is 0 Å². The summed E-state index contributed by atoms with van der Waals surface area (Å²) in [6.07, 6.45) is 4.25. The van der Waals surface area contributed by atoms with E-state index in [2.05, 4.69) is 4.90 Å². The highest BCUT2D eigenvalue weighted by molar-refractivity contribution is 5.41. The molecule has 0 saturated carbocycles. The van der Waals surface area contributed by atoms with Gasteiger partial charge in [0.1, 0.15) is 11.9 Å². The molecular formula is C15H22N2O2. The average molecular weight is 262 g/mol. The first-order chi connectivity index (χ1) is 9.29. The summed E-state index contributed by atoms with van der Waals surface area (Å²) in [7, 11) is 0.